The number of rotatable bonds is 4. The van der Waals surface area contributed by atoms with Crippen molar-refractivity contribution in [2.24, 2.45) is 5.92 Å². The monoisotopic (exact) mass is 282 g/mol. The number of thioether (sulfide) groups is 1. The Morgan fingerprint density at radius 3 is 2.95 bits per heavy atom. The predicted molar refractivity (Wildman–Crippen MR) is 76.1 cm³/mol. The van der Waals surface area contributed by atoms with E-state index in [0.717, 1.165) is 17.5 Å². The maximum atomic E-state index is 13.1. The first-order chi connectivity index (χ1) is 9.06. The largest absolute Gasteiger partial charge is 0.478 e. The van der Waals surface area contributed by atoms with Gasteiger partial charge in [0.25, 0.3) is 0 Å². The first kappa shape index (κ1) is 14.4. The molecule has 1 aliphatic rings. The second kappa shape index (κ2) is 6.42. The molecule has 2 unspecified atom stereocenters. The highest BCUT2D eigenvalue weighted by Crippen LogP contribution is 2.34. The Labute approximate surface area is 117 Å². The summed E-state index contributed by atoms with van der Waals surface area (Å²) in [5, 5.41) is 9.70. The fraction of sp³-hybridized carbons (Fsp3) is 0.533. The van der Waals surface area contributed by atoms with Crippen LogP contribution in [0.1, 0.15) is 48.5 Å². The van der Waals surface area contributed by atoms with Crippen molar-refractivity contribution in [2.75, 3.05) is 0 Å². The van der Waals surface area contributed by atoms with Gasteiger partial charge in [0.2, 0.25) is 0 Å². The lowest BCUT2D eigenvalue weighted by Gasteiger charge is -2.26. The minimum absolute atomic E-state index is 0.0938. The van der Waals surface area contributed by atoms with E-state index in [0.29, 0.717) is 11.0 Å². The van der Waals surface area contributed by atoms with Crippen LogP contribution in [0.2, 0.25) is 0 Å². The number of halogens is 1. The average molecular weight is 282 g/mol. The molecule has 1 fully saturated rings. The Morgan fingerprint density at radius 1 is 1.47 bits per heavy atom. The maximum Gasteiger partial charge on any atom is 0.336 e. The number of carboxylic acids is 1. The van der Waals surface area contributed by atoms with Gasteiger partial charge in [0, 0.05) is 11.0 Å². The average Bonchev–Trinajstić information content (AvgIpc) is 2.37. The van der Waals surface area contributed by atoms with Gasteiger partial charge in [-0.25, -0.2) is 9.18 Å². The number of benzene rings is 1. The van der Waals surface area contributed by atoms with Crippen LogP contribution in [-0.4, -0.2) is 16.3 Å². The first-order valence-corrected chi connectivity index (χ1v) is 7.74. The van der Waals surface area contributed by atoms with Gasteiger partial charge in [0.05, 0.1) is 5.56 Å². The Hall–Kier alpha value is -1.03. The number of carboxylic acid groups (broad SMARTS) is 1. The molecule has 1 saturated carbocycles. The molecule has 2 rings (SSSR count). The quantitative estimate of drug-likeness (QED) is 0.892. The second-order valence-corrected chi connectivity index (χ2v) is 6.60. The number of carbonyl (C=O) groups is 1. The van der Waals surface area contributed by atoms with Crippen molar-refractivity contribution < 1.29 is 14.3 Å². The zero-order valence-corrected chi connectivity index (χ0v) is 11.9. The zero-order valence-electron chi connectivity index (χ0n) is 11.1. The van der Waals surface area contributed by atoms with Crippen molar-refractivity contribution in [1.82, 2.24) is 0 Å². The number of aromatic carboxylic acids is 1. The summed E-state index contributed by atoms with van der Waals surface area (Å²) in [5.74, 6) is -0.123. The molecule has 1 aromatic rings. The van der Waals surface area contributed by atoms with E-state index in [1.807, 2.05) is 0 Å². The standard InChI is InChI=1S/C15H19FO2S/c1-10-3-2-4-13(7-10)19-9-11-5-6-12(16)8-14(11)15(17)18/h5-6,8,10,13H,2-4,7,9H2,1H3,(H,17,18). The molecule has 1 aromatic carbocycles. The van der Waals surface area contributed by atoms with Crippen LogP contribution >= 0.6 is 11.8 Å². The molecule has 0 heterocycles. The van der Waals surface area contributed by atoms with E-state index in [1.165, 1.54) is 31.7 Å². The molecule has 0 aliphatic heterocycles. The summed E-state index contributed by atoms with van der Waals surface area (Å²) < 4.78 is 13.1. The van der Waals surface area contributed by atoms with Gasteiger partial charge in [-0.05, 0) is 36.5 Å². The topological polar surface area (TPSA) is 37.3 Å². The van der Waals surface area contributed by atoms with Crippen molar-refractivity contribution in [3.05, 3.63) is 35.1 Å². The highest BCUT2D eigenvalue weighted by molar-refractivity contribution is 7.99. The molecule has 0 bridgehead atoms. The van der Waals surface area contributed by atoms with Gasteiger partial charge in [-0.15, -0.1) is 0 Å². The maximum absolute atomic E-state index is 13.1. The third-order valence-electron chi connectivity index (χ3n) is 3.67. The van der Waals surface area contributed by atoms with Crippen molar-refractivity contribution >= 4 is 17.7 Å². The molecular weight excluding hydrogens is 263 g/mol. The SMILES string of the molecule is CC1CCCC(SCc2ccc(F)cc2C(=O)O)C1. The van der Waals surface area contributed by atoms with Crippen LogP contribution < -0.4 is 0 Å². The van der Waals surface area contributed by atoms with Crippen molar-refractivity contribution in [1.29, 1.82) is 0 Å². The first-order valence-electron chi connectivity index (χ1n) is 6.69. The molecule has 0 radical (unpaired) electrons. The van der Waals surface area contributed by atoms with E-state index in [1.54, 1.807) is 17.8 Å². The second-order valence-electron chi connectivity index (χ2n) is 5.31. The predicted octanol–water partition coefficient (Wildman–Crippen LogP) is 4.34. The van der Waals surface area contributed by atoms with E-state index in [9.17, 15) is 9.18 Å². The molecular formula is C15H19FO2S. The summed E-state index contributed by atoms with van der Waals surface area (Å²) in [6.45, 7) is 2.27. The van der Waals surface area contributed by atoms with E-state index in [2.05, 4.69) is 6.92 Å². The molecule has 2 atom stereocenters. The van der Waals surface area contributed by atoms with E-state index >= 15 is 0 Å². The molecule has 4 heteroatoms. The Bertz CT molecular complexity index is 461. The van der Waals surface area contributed by atoms with Crippen LogP contribution in [0.25, 0.3) is 0 Å². The smallest absolute Gasteiger partial charge is 0.336 e. The van der Waals surface area contributed by atoms with Gasteiger partial charge in [0.15, 0.2) is 0 Å². The molecule has 0 amide bonds. The van der Waals surface area contributed by atoms with Crippen LogP contribution in [0.15, 0.2) is 18.2 Å². The van der Waals surface area contributed by atoms with Gasteiger partial charge in [-0.2, -0.15) is 11.8 Å². The van der Waals surface area contributed by atoms with Crippen LogP contribution in [-0.2, 0) is 5.75 Å². The summed E-state index contributed by atoms with van der Waals surface area (Å²) in [4.78, 5) is 11.1. The Balaban J connectivity index is 2.01. The molecule has 0 spiro atoms. The fourth-order valence-corrected chi connectivity index (χ4v) is 4.08. The molecule has 0 saturated heterocycles. The lowest BCUT2D eigenvalue weighted by molar-refractivity contribution is 0.0695. The third kappa shape index (κ3) is 3.96. The molecule has 1 aliphatic carbocycles. The van der Waals surface area contributed by atoms with Gasteiger partial charge < -0.3 is 5.11 Å². The fourth-order valence-electron chi connectivity index (χ4n) is 2.61. The number of hydrogen-bond acceptors (Lipinski definition) is 2. The molecule has 2 nitrogen and oxygen atoms in total. The summed E-state index contributed by atoms with van der Waals surface area (Å²) in [7, 11) is 0. The Kier molecular flexibility index (Phi) is 4.86. The lowest BCUT2D eigenvalue weighted by atomic mass is 9.91. The van der Waals surface area contributed by atoms with Crippen LogP contribution in [0, 0.1) is 11.7 Å². The van der Waals surface area contributed by atoms with E-state index in [4.69, 9.17) is 5.11 Å². The summed E-state index contributed by atoms with van der Waals surface area (Å²) in [6.07, 6.45) is 4.97. The van der Waals surface area contributed by atoms with Crippen LogP contribution in [0.5, 0.6) is 0 Å². The van der Waals surface area contributed by atoms with Crippen molar-refractivity contribution in [3.63, 3.8) is 0 Å². The van der Waals surface area contributed by atoms with Gasteiger partial charge in [-0.3, -0.25) is 0 Å². The van der Waals surface area contributed by atoms with E-state index in [-0.39, 0.29) is 5.56 Å². The molecule has 0 aromatic heterocycles. The molecule has 19 heavy (non-hydrogen) atoms. The molecule has 1 N–H and O–H groups in total. The highest BCUT2D eigenvalue weighted by Gasteiger charge is 2.20. The summed E-state index contributed by atoms with van der Waals surface area (Å²) in [5.41, 5.74) is 0.813. The highest BCUT2D eigenvalue weighted by atomic mass is 32.2. The van der Waals surface area contributed by atoms with Crippen LogP contribution in [0.4, 0.5) is 4.39 Å². The van der Waals surface area contributed by atoms with Crippen molar-refractivity contribution in [3.8, 4) is 0 Å². The normalized spacial score (nSPS) is 23.3. The third-order valence-corrected chi connectivity index (χ3v) is 5.04. The minimum Gasteiger partial charge on any atom is -0.478 e. The summed E-state index contributed by atoms with van der Waals surface area (Å²) >= 11 is 1.81. The number of hydrogen-bond donors (Lipinski definition) is 1. The van der Waals surface area contributed by atoms with Gasteiger partial charge in [-0.1, -0.05) is 25.8 Å². The van der Waals surface area contributed by atoms with E-state index < -0.39 is 11.8 Å². The molecule has 104 valence electrons. The summed E-state index contributed by atoms with van der Waals surface area (Å²) in [6, 6.07) is 4.05. The minimum atomic E-state index is -1.05. The Morgan fingerprint density at radius 2 is 2.26 bits per heavy atom. The van der Waals surface area contributed by atoms with Gasteiger partial charge in [0.1, 0.15) is 5.82 Å². The lowest BCUT2D eigenvalue weighted by Crippen LogP contribution is -2.15. The zero-order chi connectivity index (χ0) is 13.8. The van der Waals surface area contributed by atoms with Crippen molar-refractivity contribution in [2.45, 2.75) is 43.6 Å². The van der Waals surface area contributed by atoms with Crippen LogP contribution in [0.3, 0.4) is 0 Å². The van der Waals surface area contributed by atoms with Gasteiger partial charge >= 0.3 is 5.97 Å².